The van der Waals surface area contributed by atoms with Crippen molar-refractivity contribution in [1.29, 1.82) is 0 Å². The van der Waals surface area contributed by atoms with E-state index < -0.39 is 0 Å². The molecule has 0 radical (unpaired) electrons. The van der Waals surface area contributed by atoms with Crippen LogP contribution in [0, 0.1) is 6.92 Å². The summed E-state index contributed by atoms with van der Waals surface area (Å²) in [6.07, 6.45) is 3.41. The Kier molecular flexibility index (Phi) is 6.81. The molecule has 0 saturated carbocycles. The molecular weight excluding hydrogens is 388 g/mol. The molecule has 1 aromatic heterocycles. The van der Waals surface area contributed by atoms with Gasteiger partial charge >= 0.3 is 0 Å². The zero-order chi connectivity index (χ0) is 20.6. The van der Waals surface area contributed by atoms with Gasteiger partial charge in [-0.15, -0.1) is 0 Å². The van der Waals surface area contributed by atoms with Gasteiger partial charge in [0.1, 0.15) is 5.75 Å². The van der Waals surface area contributed by atoms with Gasteiger partial charge in [-0.3, -0.25) is 15.1 Å². The van der Waals surface area contributed by atoms with E-state index in [-0.39, 0.29) is 5.91 Å². The molecular formula is C22H21ClN4O2. The number of carbonyl (C=O) groups excluding carboxylic acids is 1. The molecule has 0 unspecified atom stereocenters. The molecule has 6 nitrogen and oxygen atoms in total. The van der Waals surface area contributed by atoms with E-state index in [4.69, 9.17) is 16.3 Å². The van der Waals surface area contributed by atoms with Gasteiger partial charge in [0.15, 0.2) is 0 Å². The SMILES string of the molecule is COc1cccc(C(=O)NC(=NCc2ccncc2)Nc2ccc(Cl)cc2C)c1. The number of benzene rings is 2. The number of methoxy groups -OCH3 is 1. The van der Waals surface area contributed by atoms with E-state index in [9.17, 15) is 4.79 Å². The van der Waals surface area contributed by atoms with Crippen molar-refractivity contribution >= 4 is 29.2 Å². The monoisotopic (exact) mass is 408 g/mol. The van der Waals surface area contributed by atoms with Crippen LogP contribution in [0.2, 0.25) is 5.02 Å². The Hall–Kier alpha value is -3.38. The summed E-state index contributed by atoms with van der Waals surface area (Å²) < 4.78 is 5.19. The molecule has 0 fully saturated rings. The third-order valence-corrected chi connectivity index (χ3v) is 4.41. The number of hydrogen-bond acceptors (Lipinski definition) is 4. The van der Waals surface area contributed by atoms with Crippen molar-refractivity contribution in [3.05, 3.63) is 88.7 Å². The number of anilines is 1. The van der Waals surface area contributed by atoms with Crippen LogP contribution in [0.5, 0.6) is 5.75 Å². The number of nitrogens with one attached hydrogen (secondary N) is 2. The highest BCUT2D eigenvalue weighted by Gasteiger charge is 2.11. The summed E-state index contributed by atoms with van der Waals surface area (Å²) in [5.74, 6) is 0.644. The minimum Gasteiger partial charge on any atom is -0.497 e. The summed E-state index contributed by atoms with van der Waals surface area (Å²) in [6.45, 7) is 2.31. The van der Waals surface area contributed by atoms with Crippen molar-refractivity contribution in [1.82, 2.24) is 10.3 Å². The van der Waals surface area contributed by atoms with Crippen LogP contribution in [0.4, 0.5) is 5.69 Å². The number of rotatable bonds is 5. The molecule has 1 amide bonds. The number of carbonyl (C=O) groups is 1. The molecule has 2 aromatic carbocycles. The summed E-state index contributed by atoms with van der Waals surface area (Å²) in [6, 6.07) is 16.1. The number of pyridine rings is 1. The van der Waals surface area contributed by atoms with Crippen molar-refractivity contribution in [3.63, 3.8) is 0 Å². The first-order chi connectivity index (χ1) is 14.0. The van der Waals surface area contributed by atoms with Gasteiger partial charge in [0, 0.05) is 28.7 Å². The minimum atomic E-state index is -0.295. The molecule has 0 atom stereocenters. The quantitative estimate of drug-likeness (QED) is 0.483. The Morgan fingerprint density at radius 3 is 2.66 bits per heavy atom. The number of aromatic nitrogens is 1. The van der Waals surface area contributed by atoms with Crippen molar-refractivity contribution in [3.8, 4) is 5.75 Å². The topological polar surface area (TPSA) is 75.6 Å². The van der Waals surface area contributed by atoms with Crippen molar-refractivity contribution in [2.45, 2.75) is 13.5 Å². The van der Waals surface area contributed by atoms with E-state index in [1.807, 2.05) is 31.2 Å². The van der Waals surface area contributed by atoms with Gasteiger partial charge < -0.3 is 10.1 Å². The predicted molar refractivity (Wildman–Crippen MR) is 116 cm³/mol. The summed E-state index contributed by atoms with van der Waals surface area (Å²) >= 11 is 6.04. The largest absolute Gasteiger partial charge is 0.497 e. The Balaban J connectivity index is 1.83. The van der Waals surface area contributed by atoms with E-state index in [0.29, 0.717) is 28.8 Å². The van der Waals surface area contributed by atoms with Gasteiger partial charge in [0.05, 0.1) is 13.7 Å². The second-order valence-corrected chi connectivity index (χ2v) is 6.73. The van der Waals surface area contributed by atoms with E-state index in [1.165, 1.54) is 0 Å². The maximum absolute atomic E-state index is 12.7. The van der Waals surface area contributed by atoms with Crippen LogP contribution in [0.1, 0.15) is 21.5 Å². The molecule has 0 aliphatic heterocycles. The van der Waals surface area contributed by atoms with Crippen LogP contribution in [-0.4, -0.2) is 24.0 Å². The van der Waals surface area contributed by atoms with Crippen LogP contribution in [-0.2, 0) is 6.54 Å². The average molecular weight is 409 g/mol. The van der Waals surface area contributed by atoms with Crippen LogP contribution >= 0.6 is 11.6 Å². The lowest BCUT2D eigenvalue weighted by molar-refractivity contribution is 0.0976. The molecule has 7 heteroatoms. The van der Waals surface area contributed by atoms with Crippen LogP contribution < -0.4 is 15.4 Å². The smallest absolute Gasteiger partial charge is 0.258 e. The number of hydrogen-bond donors (Lipinski definition) is 2. The molecule has 3 rings (SSSR count). The first-order valence-corrected chi connectivity index (χ1v) is 9.35. The second kappa shape index (κ2) is 9.71. The van der Waals surface area contributed by atoms with Crippen LogP contribution in [0.3, 0.4) is 0 Å². The highest BCUT2D eigenvalue weighted by Crippen LogP contribution is 2.19. The summed E-state index contributed by atoms with van der Waals surface area (Å²) in [4.78, 5) is 21.3. The first-order valence-electron chi connectivity index (χ1n) is 8.97. The Labute approximate surface area is 174 Å². The lowest BCUT2D eigenvalue weighted by Gasteiger charge is -2.14. The Bertz CT molecular complexity index is 1020. The zero-order valence-corrected chi connectivity index (χ0v) is 16.9. The standard InChI is InChI=1S/C22H21ClN4O2/c1-15-12-18(23)6-7-20(15)26-22(25-14-16-8-10-24-11-9-16)27-21(28)17-4-3-5-19(13-17)29-2/h3-13H,14H2,1-2H3,(H2,25,26,27,28). The molecule has 0 spiro atoms. The molecule has 3 aromatic rings. The number of nitrogens with zero attached hydrogens (tertiary/aromatic N) is 2. The summed E-state index contributed by atoms with van der Waals surface area (Å²) in [5, 5.41) is 6.67. The van der Waals surface area contributed by atoms with Crippen molar-refractivity contribution in [2.75, 3.05) is 12.4 Å². The van der Waals surface area contributed by atoms with Gasteiger partial charge in [-0.2, -0.15) is 0 Å². The summed E-state index contributed by atoms with van der Waals surface area (Å²) in [5.41, 5.74) is 3.18. The van der Waals surface area contributed by atoms with E-state index in [0.717, 1.165) is 16.8 Å². The van der Waals surface area contributed by atoms with Gasteiger partial charge in [0.2, 0.25) is 5.96 Å². The third kappa shape index (κ3) is 5.80. The van der Waals surface area contributed by atoms with Gasteiger partial charge in [0.25, 0.3) is 5.91 Å². The molecule has 0 aliphatic rings. The van der Waals surface area contributed by atoms with E-state index >= 15 is 0 Å². The van der Waals surface area contributed by atoms with Crippen LogP contribution in [0.25, 0.3) is 0 Å². The van der Waals surface area contributed by atoms with Gasteiger partial charge in [-0.05, 0) is 66.6 Å². The highest BCUT2D eigenvalue weighted by atomic mass is 35.5. The van der Waals surface area contributed by atoms with Gasteiger partial charge in [-0.1, -0.05) is 17.7 Å². The lowest BCUT2D eigenvalue weighted by atomic mass is 10.2. The average Bonchev–Trinajstić information content (AvgIpc) is 2.74. The van der Waals surface area contributed by atoms with Gasteiger partial charge in [-0.25, -0.2) is 4.99 Å². The Morgan fingerprint density at radius 2 is 1.93 bits per heavy atom. The minimum absolute atomic E-state index is 0.295. The second-order valence-electron chi connectivity index (χ2n) is 6.29. The lowest BCUT2D eigenvalue weighted by Crippen LogP contribution is -2.36. The highest BCUT2D eigenvalue weighted by molar-refractivity contribution is 6.30. The fraction of sp³-hybridized carbons (Fsp3) is 0.136. The summed E-state index contributed by atoms with van der Waals surface area (Å²) in [7, 11) is 1.56. The zero-order valence-electron chi connectivity index (χ0n) is 16.1. The molecule has 0 saturated heterocycles. The normalized spacial score (nSPS) is 11.1. The van der Waals surface area contributed by atoms with E-state index in [1.54, 1.807) is 49.8 Å². The molecule has 0 aliphatic carbocycles. The van der Waals surface area contributed by atoms with Crippen molar-refractivity contribution < 1.29 is 9.53 Å². The number of ether oxygens (including phenoxy) is 1. The van der Waals surface area contributed by atoms with E-state index in [2.05, 4.69) is 20.6 Å². The molecule has 148 valence electrons. The van der Waals surface area contributed by atoms with Crippen LogP contribution in [0.15, 0.2) is 72.0 Å². The number of guanidine groups is 1. The molecule has 0 bridgehead atoms. The molecule has 2 N–H and O–H groups in total. The number of aryl methyl sites for hydroxylation is 1. The predicted octanol–water partition coefficient (Wildman–Crippen LogP) is 4.45. The maximum atomic E-state index is 12.7. The molecule has 1 heterocycles. The Morgan fingerprint density at radius 1 is 1.14 bits per heavy atom. The van der Waals surface area contributed by atoms with Crippen molar-refractivity contribution in [2.24, 2.45) is 4.99 Å². The maximum Gasteiger partial charge on any atom is 0.258 e. The number of halogens is 1. The third-order valence-electron chi connectivity index (χ3n) is 4.17. The fourth-order valence-corrected chi connectivity index (χ4v) is 2.83. The number of amides is 1. The first kappa shape index (κ1) is 20.4. The number of aliphatic imine (C=N–C) groups is 1. The fourth-order valence-electron chi connectivity index (χ4n) is 2.61. The molecule has 29 heavy (non-hydrogen) atoms.